The van der Waals surface area contributed by atoms with Gasteiger partial charge in [-0.2, -0.15) is 0 Å². The summed E-state index contributed by atoms with van der Waals surface area (Å²) in [6.45, 7) is 4.74. The lowest BCUT2D eigenvalue weighted by atomic mass is 10.4. The molecule has 14 heavy (non-hydrogen) atoms. The van der Waals surface area contributed by atoms with Crippen LogP contribution in [0.1, 0.15) is 20.3 Å². The van der Waals surface area contributed by atoms with Crippen molar-refractivity contribution in [3.63, 3.8) is 0 Å². The highest BCUT2D eigenvalue weighted by molar-refractivity contribution is 8.01. The highest BCUT2D eigenvalue weighted by Crippen LogP contribution is 2.27. The number of thioether (sulfide) groups is 1. The number of carbonyl (C=O) groups excluding carboxylic acids is 2. The van der Waals surface area contributed by atoms with Crippen LogP contribution in [0.3, 0.4) is 0 Å². The van der Waals surface area contributed by atoms with E-state index in [0.717, 1.165) is 0 Å². The minimum Gasteiger partial charge on any atom is -0.329 e. The molecule has 1 rings (SSSR count). The molecular formula is C9H16N2O2S. The molecule has 0 bridgehead atoms. The zero-order valence-corrected chi connectivity index (χ0v) is 9.34. The molecule has 0 spiro atoms. The quantitative estimate of drug-likeness (QED) is 0.683. The normalized spacial score (nSPS) is 22.6. The van der Waals surface area contributed by atoms with Gasteiger partial charge in [0.05, 0.1) is 5.25 Å². The number of likely N-dealkylation sites (tertiary alicyclic amines) is 1. The first-order valence-corrected chi connectivity index (χ1v) is 5.70. The topological polar surface area (TPSA) is 63.4 Å². The first-order valence-electron chi connectivity index (χ1n) is 4.76. The van der Waals surface area contributed by atoms with Crippen LogP contribution in [0, 0.1) is 0 Å². The lowest BCUT2D eigenvalue weighted by Crippen LogP contribution is -2.35. The number of hydrogen-bond acceptors (Lipinski definition) is 4. The molecule has 1 unspecified atom stereocenters. The monoisotopic (exact) mass is 216 g/mol. The lowest BCUT2D eigenvalue weighted by molar-refractivity contribution is -0.138. The van der Waals surface area contributed by atoms with Gasteiger partial charge in [0.1, 0.15) is 0 Å². The van der Waals surface area contributed by atoms with Crippen LogP contribution in [-0.2, 0) is 9.59 Å². The molecule has 1 aliphatic rings. The first-order chi connectivity index (χ1) is 6.56. The summed E-state index contributed by atoms with van der Waals surface area (Å²) in [5, 5.41) is 0.184. The van der Waals surface area contributed by atoms with Gasteiger partial charge >= 0.3 is 0 Å². The van der Waals surface area contributed by atoms with Crippen molar-refractivity contribution in [3.8, 4) is 0 Å². The second-order valence-electron chi connectivity index (χ2n) is 3.55. The van der Waals surface area contributed by atoms with Crippen molar-refractivity contribution in [1.29, 1.82) is 0 Å². The summed E-state index contributed by atoms with van der Waals surface area (Å²) in [6.07, 6.45) is 0.335. The van der Waals surface area contributed by atoms with Crippen molar-refractivity contribution >= 4 is 23.6 Å². The molecule has 80 valence electrons. The average Bonchev–Trinajstić information content (AvgIpc) is 2.32. The maximum atomic E-state index is 11.7. The van der Waals surface area contributed by atoms with E-state index in [2.05, 4.69) is 0 Å². The molecule has 5 heteroatoms. The molecule has 0 saturated carbocycles. The SMILES string of the molecule is CC(C)SC1CC(=O)N(CCN)C1=O. The summed E-state index contributed by atoms with van der Waals surface area (Å²) < 4.78 is 0. The molecule has 0 aromatic rings. The summed E-state index contributed by atoms with van der Waals surface area (Å²) in [6, 6.07) is 0. The molecule has 0 aromatic carbocycles. The molecule has 4 nitrogen and oxygen atoms in total. The van der Waals surface area contributed by atoms with Gasteiger partial charge in [0, 0.05) is 19.5 Å². The third-order valence-corrected chi connectivity index (χ3v) is 3.23. The van der Waals surface area contributed by atoms with E-state index in [1.54, 1.807) is 11.8 Å². The zero-order chi connectivity index (χ0) is 10.7. The van der Waals surface area contributed by atoms with E-state index >= 15 is 0 Å². The average molecular weight is 216 g/mol. The lowest BCUT2D eigenvalue weighted by Gasteiger charge is -2.14. The second-order valence-corrected chi connectivity index (χ2v) is 5.33. The Balaban J connectivity index is 2.59. The van der Waals surface area contributed by atoms with E-state index in [-0.39, 0.29) is 17.1 Å². The molecule has 0 aromatic heterocycles. The van der Waals surface area contributed by atoms with Gasteiger partial charge in [0.15, 0.2) is 0 Å². The molecular weight excluding hydrogens is 200 g/mol. The predicted octanol–water partition coefficient (Wildman–Crippen LogP) is 0.214. The van der Waals surface area contributed by atoms with Gasteiger partial charge in [-0.3, -0.25) is 14.5 Å². The minimum atomic E-state index is -0.186. The molecule has 0 aliphatic carbocycles. The van der Waals surface area contributed by atoms with E-state index in [9.17, 15) is 9.59 Å². The zero-order valence-electron chi connectivity index (χ0n) is 8.53. The Kier molecular flexibility index (Phi) is 3.95. The third kappa shape index (κ3) is 2.48. The predicted molar refractivity (Wildman–Crippen MR) is 56.9 cm³/mol. The summed E-state index contributed by atoms with van der Waals surface area (Å²) >= 11 is 1.55. The van der Waals surface area contributed by atoms with E-state index in [4.69, 9.17) is 5.73 Å². The molecule has 0 radical (unpaired) electrons. The van der Waals surface area contributed by atoms with Gasteiger partial charge < -0.3 is 5.73 Å². The van der Waals surface area contributed by atoms with Gasteiger partial charge in [0.2, 0.25) is 11.8 Å². The van der Waals surface area contributed by atoms with Gasteiger partial charge in [-0.05, 0) is 5.25 Å². The highest BCUT2D eigenvalue weighted by Gasteiger charge is 2.38. The number of hydrogen-bond donors (Lipinski definition) is 1. The van der Waals surface area contributed by atoms with Crippen molar-refractivity contribution in [2.75, 3.05) is 13.1 Å². The summed E-state index contributed by atoms with van der Waals surface area (Å²) in [5.74, 6) is -0.155. The molecule has 2 N–H and O–H groups in total. The smallest absolute Gasteiger partial charge is 0.242 e. The van der Waals surface area contributed by atoms with Gasteiger partial charge in [-0.1, -0.05) is 13.8 Å². The Morgan fingerprint density at radius 2 is 2.21 bits per heavy atom. The van der Waals surface area contributed by atoms with Crippen LogP contribution in [0.5, 0.6) is 0 Å². The molecule has 1 aliphatic heterocycles. The van der Waals surface area contributed by atoms with Crippen molar-refractivity contribution in [2.45, 2.75) is 30.8 Å². The Bertz CT molecular complexity index is 243. The van der Waals surface area contributed by atoms with Crippen molar-refractivity contribution in [3.05, 3.63) is 0 Å². The van der Waals surface area contributed by atoms with Crippen molar-refractivity contribution in [1.82, 2.24) is 4.90 Å². The molecule has 1 fully saturated rings. The Morgan fingerprint density at radius 1 is 1.57 bits per heavy atom. The maximum Gasteiger partial charge on any atom is 0.242 e. The number of nitrogens with two attached hydrogens (primary N) is 1. The number of rotatable bonds is 4. The van der Waals surface area contributed by atoms with E-state index in [0.29, 0.717) is 24.8 Å². The number of nitrogens with zero attached hydrogens (tertiary/aromatic N) is 1. The first kappa shape index (κ1) is 11.5. The van der Waals surface area contributed by atoms with Gasteiger partial charge in [-0.15, -0.1) is 11.8 Å². The summed E-state index contributed by atoms with van der Waals surface area (Å²) in [5.41, 5.74) is 5.33. The van der Waals surface area contributed by atoms with Crippen LogP contribution >= 0.6 is 11.8 Å². The fraction of sp³-hybridized carbons (Fsp3) is 0.778. The second kappa shape index (κ2) is 4.79. The largest absolute Gasteiger partial charge is 0.329 e. The van der Waals surface area contributed by atoms with Crippen LogP contribution in [0.2, 0.25) is 0 Å². The Morgan fingerprint density at radius 3 is 2.71 bits per heavy atom. The Hall–Kier alpha value is -0.550. The van der Waals surface area contributed by atoms with Crippen LogP contribution in [0.15, 0.2) is 0 Å². The molecule has 1 heterocycles. The molecule has 1 saturated heterocycles. The summed E-state index contributed by atoms with van der Waals surface area (Å²) in [7, 11) is 0. The highest BCUT2D eigenvalue weighted by atomic mass is 32.2. The fourth-order valence-electron chi connectivity index (χ4n) is 1.45. The maximum absolute atomic E-state index is 11.7. The third-order valence-electron chi connectivity index (χ3n) is 1.99. The standard InChI is InChI=1S/C9H16N2O2S/c1-6(2)14-7-5-8(12)11(4-3-10)9(7)13/h6-7H,3-5,10H2,1-2H3. The van der Waals surface area contributed by atoms with Crippen molar-refractivity contribution in [2.24, 2.45) is 5.73 Å². The van der Waals surface area contributed by atoms with Gasteiger partial charge in [0.25, 0.3) is 0 Å². The molecule has 2 amide bonds. The van der Waals surface area contributed by atoms with Crippen LogP contribution in [0.4, 0.5) is 0 Å². The van der Waals surface area contributed by atoms with Crippen molar-refractivity contribution < 1.29 is 9.59 Å². The Labute approximate surface area is 88.2 Å². The van der Waals surface area contributed by atoms with Crippen LogP contribution < -0.4 is 5.73 Å². The van der Waals surface area contributed by atoms with E-state index in [1.165, 1.54) is 4.90 Å². The van der Waals surface area contributed by atoms with Crippen LogP contribution in [-0.4, -0.2) is 40.3 Å². The van der Waals surface area contributed by atoms with E-state index in [1.807, 2.05) is 13.8 Å². The van der Waals surface area contributed by atoms with E-state index < -0.39 is 0 Å². The summed E-state index contributed by atoms with van der Waals surface area (Å²) in [4.78, 5) is 24.4. The van der Waals surface area contributed by atoms with Gasteiger partial charge in [-0.25, -0.2) is 0 Å². The van der Waals surface area contributed by atoms with Crippen LogP contribution in [0.25, 0.3) is 0 Å². The number of amides is 2. The number of carbonyl (C=O) groups is 2. The number of imide groups is 1. The fourth-order valence-corrected chi connectivity index (χ4v) is 2.59. The minimum absolute atomic E-state index is 0.0702. The molecule has 1 atom stereocenters.